The van der Waals surface area contributed by atoms with Crippen molar-refractivity contribution in [1.82, 2.24) is 0 Å². The van der Waals surface area contributed by atoms with Crippen LogP contribution in [-0.2, 0) is 4.79 Å². The van der Waals surface area contributed by atoms with Gasteiger partial charge in [-0.3, -0.25) is 4.79 Å². The first-order valence-corrected chi connectivity index (χ1v) is 5.18. The second-order valence-electron chi connectivity index (χ2n) is 5.42. The van der Waals surface area contributed by atoms with Crippen molar-refractivity contribution in [1.29, 1.82) is 0 Å². The predicted octanol–water partition coefficient (Wildman–Crippen LogP) is 3.61. The number of halogens is 1. The van der Waals surface area contributed by atoms with Gasteiger partial charge in [-0.25, -0.2) is 0 Å². The second-order valence-corrected chi connectivity index (χ2v) is 5.84. The smallest absolute Gasteiger partial charge is 0.222 e. The summed E-state index contributed by atoms with van der Waals surface area (Å²) >= 11 is 5.39. The van der Waals surface area contributed by atoms with E-state index in [4.69, 9.17) is 18.0 Å². The Bertz CT molecular complexity index is 246. The first kappa shape index (κ1) is 13.5. The number of hydrogen-bond acceptors (Lipinski definition) is 1. The third kappa shape index (κ3) is 6.05. The molecule has 1 nitrogen and oxygen atoms in total. The fourth-order valence-electron chi connectivity index (χ4n) is 2.07. The van der Waals surface area contributed by atoms with E-state index in [1.165, 1.54) is 0 Å². The fraction of sp³-hybridized carbons (Fsp3) is 0.750. The molecule has 0 aliphatic heterocycles. The van der Waals surface area contributed by atoms with Gasteiger partial charge in [0.1, 0.15) is 0 Å². The third-order valence-electron chi connectivity index (χ3n) is 2.16. The minimum absolute atomic E-state index is 0.0703. The largest absolute Gasteiger partial charge is 0.281 e. The van der Waals surface area contributed by atoms with Gasteiger partial charge in [0.05, 0.1) is 0 Å². The molecule has 0 rings (SSSR count). The van der Waals surface area contributed by atoms with Crippen LogP contribution in [0.1, 0.15) is 47.0 Å². The molecule has 0 aliphatic carbocycles. The fourth-order valence-corrected chi connectivity index (χ4v) is 2.43. The Balaban J connectivity index is 4.35. The Labute approximate surface area is 92.2 Å². The lowest BCUT2D eigenvalue weighted by atomic mass is 9.72. The normalized spacial score (nSPS) is 12.3. The van der Waals surface area contributed by atoms with Crippen molar-refractivity contribution in [2.75, 3.05) is 0 Å². The van der Waals surface area contributed by atoms with Crippen LogP contribution in [0.3, 0.4) is 0 Å². The van der Waals surface area contributed by atoms with Crippen LogP contribution in [0.5, 0.6) is 0 Å². The first-order chi connectivity index (χ1) is 6.18. The van der Waals surface area contributed by atoms with Gasteiger partial charge in [0, 0.05) is 12.8 Å². The Kier molecular flexibility index (Phi) is 4.68. The zero-order chi connectivity index (χ0) is 11.4. The van der Waals surface area contributed by atoms with Gasteiger partial charge in [0.15, 0.2) is 0 Å². The van der Waals surface area contributed by atoms with Gasteiger partial charge in [0.25, 0.3) is 0 Å². The number of rotatable bonds is 5. The molecule has 0 bridgehead atoms. The van der Waals surface area contributed by atoms with Crippen LogP contribution in [-0.4, -0.2) is 5.24 Å². The Morgan fingerprint density at radius 1 is 1.29 bits per heavy atom. The van der Waals surface area contributed by atoms with E-state index in [0.717, 1.165) is 12.8 Å². The number of carbonyl (C=O) groups excluding carboxylic acids is 1. The van der Waals surface area contributed by atoms with Gasteiger partial charge in [0.2, 0.25) is 5.24 Å². The van der Waals surface area contributed by atoms with Crippen molar-refractivity contribution < 1.29 is 4.79 Å². The number of hydrogen-bond donors (Lipinski definition) is 0. The quantitative estimate of drug-likeness (QED) is 0.505. The van der Waals surface area contributed by atoms with Gasteiger partial charge in [-0.05, 0) is 28.9 Å². The highest BCUT2D eigenvalue weighted by Crippen LogP contribution is 2.38. The maximum atomic E-state index is 10.8. The van der Waals surface area contributed by atoms with Crippen LogP contribution >= 0.6 is 11.6 Å². The average Bonchev–Trinajstić information content (AvgIpc) is 1.78. The molecule has 2 heteroatoms. The number of terminal acetylenes is 1. The van der Waals surface area contributed by atoms with E-state index in [9.17, 15) is 4.79 Å². The lowest BCUT2D eigenvalue weighted by molar-refractivity contribution is -0.113. The van der Waals surface area contributed by atoms with Crippen LogP contribution in [0.2, 0.25) is 0 Å². The molecule has 0 aromatic rings. The van der Waals surface area contributed by atoms with Gasteiger partial charge >= 0.3 is 0 Å². The summed E-state index contributed by atoms with van der Waals surface area (Å²) in [5.74, 6) is 2.67. The topological polar surface area (TPSA) is 17.1 Å². The molecule has 0 atom stereocenters. The van der Waals surface area contributed by atoms with E-state index in [2.05, 4.69) is 19.8 Å². The summed E-state index contributed by atoms with van der Waals surface area (Å²) < 4.78 is 0. The van der Waals surface area contributed by atoms with Gasteiger partial charge < -0.3 is 0 Å². The monoisotopic (exact) mass is 214 g/mol. The molecule has 0 saturated carbocycles. The zero-order valence-corrected chi connectivity index (χ0v) is 10.2. The maximum Gasteiger partial charge on any atom is 0.222 e. The molecular weight excluding hydrogens is 196 g/mol. The summed E-state index contributed by atoms with van der Waals surface area (Å²) in [6, 6.07) is 0. The van der Waals surface area contributed by atoms with Crippen LogP contribution in [0.4, 0.5) is 0 Å². The molecule has 0 unspecified atom stereocenters. The second kappa shape index (κ2) is 4.84. The lowest BCUT2D eigenvalue weighted by Gasteiger charge is -2.33. The summed E-state index contributed by atoms with van der Waals surface area (Å²) in [6.07, 6.45) is 7.33. The van der Waals surface area contributed by atoms with Gasteiger partial charge in [-0.1, -0.05) is 27.7 Å². The standard InChI is InChI=1S/C12H19ClO/c1-6-7-11(2,3)9-12(4,5)8-10(13)14/h1H,7-9H2,2-5H3. The van der Waals surface area contributed by atoms with Crippen LogP contribution in [0.15, 0.2) is 0 Å². The molecule has 0 radical (unpaired) electrons. The van der Waals surface area contributed by atoms with E-state index < -0.39 is 0 Å². The molecule has 0 aromatic carbocycles. The highest BCUT2D eigenvalue weighted by Gasteiger charge is 2.29. The summed E-state index contributed by atoms with van der Waals surface area (Å²) in [5.41, 5.74) is 0.00374. The Hall–Kier alpha value is -0.480. The van der Waals surface area contributed by atoms with E-state index in [-0.39, 0.29) is 16.1 Å². The molecule has 0 aromatic heterocycles. The van der Waals surface area contributed by atoms with E-state index >= 15 is 0 Å². The Morgan fingerprint density at radius 3 is 2.14 bits per heavy atom. The first-order valence-electron chi connectivity index (χ1n) is 4.80. The highest BCUT2D eigenvalue weighted by molar-refractivity contribution is 6.63. The highest BCUT2D eigenvalue weighted by atomic mass is 35.5. The maximum absolute atomic E-state index is 10.8. The summed E-state index contributed by atoms with van der Waals surface area (Å²) in [4.78, 5) is 10.8. The zero-order valence-electron chi connectivity index (χ0n) is 9.48. The summed E-state index contributed by atoms with van der Waals surface area (Å²) in [7, 11) is 0. The van der Waals surface area contributed by atoms with Crippen LogP contribution in [0, 0.1) is 23.2 Å². The van der Waals surface area contributed by atoms with Gasteiger partial charge in [-0.15, -0.1) is 12.3 Å². The van der Waals surface area contributed by atoms with Crippen molar-refractivity contribution >= 4 is 16.8 Å². The minimum atomic E-state index is -0.272. The van der Waals surface area contributed by atoms with Crippen molar-refractivity contribution in [2.24, 2.45) is 10.8 Å². The van der Waals surface area contributed by atoms with Crippen molar-refractivity contribution in [3.05, 3.63) is 0 Å². The van der Waals surface area contributed by atoms with Crippen molar-refractivity contribution in [3.63, 3.8) is 0 Å². The van der Waals surface area contributed by atoms with Crippen LogP contribution < -0.4 is 0 Å². The van der Waals surface area contributed by atoms with E-state index in [1.807, 2.05) is 13.8 Å². The molecule has 0 N–H and O–H groups in total. The molecule has 0 aliphatic rings. The van der Waals surface area contributed by atoms with Gasteiger partial charge in [-0.2, -0.15) is 0 Å². The Morgan fingerprint density at radius 2 is 1.79 bits per heavy atom. The van der Waals surface area contributed by atoms with Crippen molar-refractivity contribution in [3.8, 4) is 12.3 Å². The number of carbonyl (C=O) groups is 1. The predicted molar refractivity (Wildman–Crippen MR) is 61.1 cm³/mol. The summed E-state index contributed by atoms with van der Waals surface area (Å²) in [5, 5.41) is -0.272. The van der Waals surface area contributed by atoms with Crippen LogP contribution in [0.25, 0.3) is 0 Å². The van der Waals surface area contributed by atoms with E-state index in [0.29, 0.717) is 6.42 Å². The third-order valence-corrected chi connectivity index (χ3v) is 2.29. The molecule has 80 valence electrons. The van der Waals surface area contributed by atoms with E-state index in [1.54, 1.807) is 0 Å². The molecule has 0 spiro atoms. The molecule has 14 heavy (non-hydrogen) atoms. The molecular formula is C12H19ClO. The minimum Gasteiger partial charge on any atom is -0.281 e. The summed E-state index contributed by atoms with van der Waals surface area (Å²) in [6.45, 7) is 8.33. The SMILES string of the molecule is C#CCC(C)(C)CC(C)(C)CC(=O)Cl. The van der Waals surface area contributed by atoms with Crippen molar-refractivity contribution in [2.45, 2.75) is 47.0 Å². The lowest BCUT2D eigenvalue weighted by Crippen LogP contribution is -2.24. The molecule has 0 heterocycles. The average molecular weight is 215 g/mol. The molecule has 0 fully saturated rings. The molecule has 0 amide bonds. The molecule has 0 saturated heterocycles.